The van der Waals surface area contributed by atoms with Gasteiger partial charge in [-0.15, -0.1) is 0 Å². The number of nitrogens with one attached hydrogen (secondary N) is 2. The van der Waals surface area contributed by atoms with Crippen LogP contribution in [-0.2, 0) is 0 Å². The van der Waals surface area contributed by atoms with E-state index in [0.717, 1.165) is 12.8 Å². The quantitative estimate of drug-likeness (QED) is 0.470. The Labute approximate surface area is 176 Å². The Morgan fingerprint density at radius 1 is 1.00 bits per heavy atom. The first kappa shape index (κ1) is 22.3. The number of ether oxygens (including phenoxy) is 4. The van der Waals surface area contributed by atoms with Crippen LogP contribution in [0.25, 0.3) is 0 Å². The minimum atomic E-state index is -0.411. The lowest BCUT2D eigenvalue weighted by Gasteiger charge is -2.16. The fourth-order valence-electron chi connectivity index (χ4n) is 2.56. The zero-order chi connectivity index (χ0) is 21.2. The molecule has 0 bridgehead atoms. The van der Waals surface area contributed by atoms with Crippen LogP contribution in [0.1, 0.15) is 30.1 Å². The number of hydrogen-bond acceptors (Lipinski definition) is 6. The summed E-state index contributed by atoms with van der Waals surface area (Å²) in [5.74, 6) is 1.43. The summed E-state index contributed by atoms with van der Waals surface area (Å²) in [5.41, 5.74) is 0.995. The van der Waals surface area contributed by atoms with Crippen molar-refractivity contribution in [3.05, 3.63) is 42.0 Å². The van der Waals surface area contributed by atoms with Crippen LogP contribution in [0.4, 0.5) is 5.69 Å². The molecule has 0 aromatic heterocycles. The largest absolute Gasteiger partial charge is 0.493 e. The monoisotopic (exact) mass is 418 g/mol. The maximum absolute atomic E-state index is 12.7. The summed E-state index contributed by atoms with van der Waals surface area (Å²) in [5, 5.41) is 5.81. The van der Waals surface area contributed by atoms with Gasteiger partial charge in [-0.25, -0.2) is 0 Å². The van der Waals surface area contributed by atoms with E-state index in [9.17, 15) is 4.79 Å². The van der Waals surface area contributed by atoms with E-state index < -0.39 is 5.91 Å². The van der Waals surface area contributed by atoms with E-state index in [1.165, 1.54) is 21.3 Å². The normalized spacial score (nSPS) is 10.1. The number of carbonyl (C=O) groups excluding carboxylic acids is 1. The number of unbranched alkanes of at least 4 members (excludes halogenated alkanes) is 1. The third-order valence-electron chi connectivity index (χ3n) is 4.04. The van der Waals surface area contributed by atoms with Crippen molar-refractivity contribution in [2.24, 2.45) is 0 Å². The van der Waals surface area contributed by atoms with Crippen LogP contribution in [0.15, 0.2) is 36.4 Å². The van der Waals surface area contributed by atoms with Gasteiger partial charge in [0.1, 0.15) is 5.75 Å². The molecule has 2 aromatic rings. The minimum Gasteiger partial charge on any atom is -0.493 e. The van der Waals surface area contributed by atoms with E-state index >= 15 is 0 Å². The number of amides is 1. The number of methoxy groups -OCH3 is 3. The molecule has 0 fully saturated rings. The van der Waals surface area contributed by atoms with Gasteiger partial charge in [-0.2, -0.15) is 0 Å². The van der Waals surface area contributed by atoms with Gasteiger partial charge in [0.05, 0.1) is 33.6 Å². The molecule has 0 saturated carbocycles. The molecule has 2 rings (SSSR count). The molecule has 29 heavy (non-hydrogen) atoms. The average molecular weight is 419 g/mol. The topological polar surface area (TPSA) is 78.1 Å². The predicted octanol–water partition coefficient (Wildman–Crippen LogP) is 4.02. The third-order valence-corrected chi connectivity index (χ3v) is 4.25. The predicted molar refractivity (Wildman–Crippen MR) is 117 cm³/mol. The lowest BCUT2D eigenvalue weighted by Crippen LogP contribution is -2.34. The van der Waals surface area contributed by atoms with E-state index in [1.807, 2.05) is 24.3 Å². The van der Waals surface area contributed by atoms with E-state index in [2.05, 4.69) is 17.6 Å². The standard InChI is InChI=1S/C21H26N2O5S/c1-5-6-11-28-16-10-8-7-9-15(16)22-21(29)23-20(24)14-12-17(25-2)19(27-4)18(13-14)26-3/h7-10,12-13H,5-6,11H2,1-4H3,(H2,22,23,24,29). The Morgan fingerprint density at radius 2 is 1.66 bits per heavy atom. The fourth-order valence-corrected chi connectivity index (χ4v) is 2.77. The number of thiocarbonyl (C=S) groups is 1. The Bertz CT molecular complexity index is 832. The Balaban J connectivity index is 2.11. The first-order chi connectivity index (χ1) is 14.0. The van der Waals surface area contributed by atoms with E-state index in [4.69, 9.17) is 31.2 Å². The van der Waals surface area contributed by atoms with Crippen molar-refractivity contribution >= 4 is 28.9 Å². The summed E-state index contributed by atoms with van der Waals surface area (Å²) in [6.45, 7) is 2.71. The Hall–Kier alpha value is -3.00. The molecule has 0 aliphatic heterocycles. The number of anilines is 1. The number of rotatable bonds is 9. The highest BCUT2D eigenvalue weighted by Crippen LogP contribution is 2.38. The van der Waals surface area contributed by atoms with Crippen LogP contribution in [-0.4, -0.2) is 39.0 Å². The molecule has 0 aliphatic carbocycles. The summed E-state index contributed by atoms with van der Waals surface area (Å²) in [4.78, 5) is 12.7. The minimum absolute atomic E-state index is 0.148. The van der Waals surface area contributed by atoms with E-state index in [0.29, 0.717) is 40.9 Å². The van der Waals surface area contributed by atoms with Crippen LogP contribution in [0.5, 0.6) is 23.0 Å². The molecule has 8 heteroatoms. The van der Waals surface area contributed by atoms with Gasteiger partial charge in [0, 0.05) is 5.56 Å². The molecule has 0 spiro atoms. The molecule has 2 N–H and O–H groups in total. The van der Waals surface area contributed by atoms with Crippen molar-refractivity contribution in [1.82, 2.24) is 5.32 Å². The number of carbonyl (C=O) groups is 1. The summed E-state index contributed by atoms with van der Waals surface area (Å²) in [6, 6.07) is 10.5. The van der Waals surface area contributed by atoms with Crippen molar-refractivity contribution in [1.29, 1.82) is 0 Å². The molecular formula is C21H26N2O5S. The molecule has 2 aromatic carbocycles. The van der Waals surface area contributed by atoms with Gasteiger partial charge in [-0.05, 0) is 42.9 Å². The van der Waals surface area contributed by atoms with Crippen molar-refractivity contribution in [2.45, 2.75) is 19.8 Å². The second kappa shape index (κ2) is 11.1. The van der Waals surface area contributed by atoms with E-state index in [1.54, 1.807) is 12.1 Å². The Kier molecular flexibility index (Phi) is 8.54. The first-order valence-corrected chi connectivity index (χ1v) is 9.59. The molecule has 0 unspecified atom stereocenters. The molecule has 1 amide bonds. The fraction of sp³-hybridized carbons (Fsp3) is 0.333. The van der Waals surface area contributed by atoms with Crippen LogP contribution in [0.3, 0.4) is 0 Å². The molecule has 0 saturated heterocycles. The lowest BCUT2D eigenvalue weighted by molar-refractivity contribution is 0.0977. The van der Waals surface area contributed by atoms with Gasteiger partial charge in [0.15, 0.2) is 16.6 Å². The second-order valence-corrected chi connectivity index (χ2v) is 6.43. The van der Waals surface area contributed by atoms with Gasteiger partial charge in [-0.3, -0.25) is 10.1 Å². The van der Waals surface area contributed by atoms with Crippen molar-refractivity contribution < 1.29 is 23.7 Å². The summed E-state index contributed by atoms with van der Waals surface area (Å²) >= 11 is 5.29. The highest BCUT2D eigenvalue weighted by atomic mass is 32.1. The second-order valence-electron chi connectivity index (χ2n) is 6.02. The molecule has 0 atom stereocenters. The number of hydrogen-bond donors (Lipinski definition) is 2. The maximum Gasteiger partial charge on any atom is 0.257 e. The molecule has 156 valence electrons. The molecule has 0 aliphatic rings. The zero-order valence-corrected chi connectivity index (χ0v) is 17.9. The van der Waals surface area contributed by atoms with Crippen molar-refractivity contribution in [3.63, 3.8) is 0 Å². The van der Waals surface area contributed by atoms with E-state index in [-0.39, 0.29) is 5.11 Å². The smallest absolute Gasteiger partial charge is 0.257 e. The van der Waals surface area contributed by atoms with Crippen LogP contribution in [0.2, 0.25) is 0 Å². The lowest BCUT2D eigenvalue weighted by atomic mass is 10.1. The van der Waals surface area contributed by atoms with Gasteiger partial charge in [0.2, 0.25) is 5.75 Å². The van der Waals surface area contributed by atoms with Crippen molar-refractivity contribution in [3.8, 4) is 23.0 Å². The first-order valence-electron chi connectivity index (χ1n) is 9.18. The van der Waals surface area contributed by atoms with Gasteiger partial charge >= 0.3 is 0 Å². The van der Waals surface area contributed by atoms with Crippen LogP contribution in [0, 0.1) is 0 Å². The molecule has 7 nitrogen and oxygen atoms in total. The average Bonchev–Trinajstić information content (AvgIpc) is 2.73. The van der Waals surface area contributed by atoms with Crippen molar-refractivity contribution in [2.75, 3.05) is 33.3 Å². The molecule has 0 radical (unpaired) electrons. The van der Waals surface area contributed by atoms with Gasteiger partial charge < -0.3 is 24.3 Å². The van der Waals surface area contributed by atoms with Crippen LogP contribution < -0.4 is 29.6 Å². The maximum atomic E-state index is 12.7. The molecular weight excluding hydrogens is 392 g/mol. The highest BCUT2D eigenvalue weighted by Gasteiger charge is 2.18. The Morgan fingerprint density at radius 3 is 2.24 bits per heavy atom. The van der Waals surface area contributed by atoms with Gasteiger partial charge in [-0.1, -0.05) is 25.5 Å². The summed E-state index contributed by atoms with van der Waals surface area (Å²) in [6.07, 6.45) is 2.00. The SMILES string of the molecule is CCCCOc1ccccc1NC(=S)NC(=O)c1cc(OC)c(OC)c(OC)c1. The summed E-state index contributed by atoms with van der Waals surface area (Å²) in [7, 11) is 4.47. The van der Waals surface area contributed by atoms with Gasteiger partial charge in [0.25, 0.3) is 5.91 Å². The zero-order valence-electron chi connectivity index (χ0n) is 17.0. The molecule has 0 heterocycles. The third kappa shape index (κ3) is 5.99. The number of para-hydroxylation sites is 2. The number of benzene rings is 2. The van der Waals surface area contributed by atoms with Crippen LogP contribution >= 0.6 is 12.2 Å². The highest BCUT2D eigenvalue weighted by molar-refractivity contribution is 7.80. The summed E-state index contributed by atoms with van der Waals surface area (Å²) < 4.78 is 21.6.